The summed E-state index contributed by atoms with van der Waals surface area (Å²) in [6.45, 7) is 4.61. The van der Waals surface area contributed by atoms with Crippen LogP contribution >= 0.6 is 0 Å². The van der Waals surface area contributed by atoms with Crippen LogP contribution in [-0.2, 0) is 4.79 Å². The Morgan fingerprint density at radius 2 is 2.18 bits per heavy atom. The summed E-state index contributed by atoms with van der Waals surface area (Å²) in [5, 5.41) is 4.06. The molecule has 7 heteroatoms. The zero-order valence-electron chi connectivity index (χ0n) is 11.7. The minimum Gasteiger partial charge on any atom is -0.338 e. The number of amides is 1. The summed E-state index contributed by atoms with van der Waals surface area (Å²) in [5.41, 5.74) is 0.376. The lowest BCUT2D eigenvalue weighted by Gasteiger charge is -2.14. The molecule has 1 atom stereocenters. The van der Waals surface area contributed by atoms with Gasteiger partial charge in [-0.3, -0.25) is 4.79 Å². The van der Waals surface area contributed by atoms with Crippen molar-refractivity contribution >= 4 is 5.91 Å². The van der Waals surface area contributed by atoms with Gasteiger partial charge in [0, 0.05) is 31.5 Å². The van der Waals surface area contributed by atoms with Gasteiger partial charge in [0.2, 0.25) is 5.91 Å². The van der Waals surface area contributed by atoms with Crippen molar-refractivity contribution < 1.29 is 13.6 Å². The van der Waals surface area contributed by atoms with E-state index in [0.29, 0.717) is 31.0 Å². The van der Waals surface area contributed by atoms with Crippen LogP contribution in [0.3, 0.4) is 0 Å². The van der Waals surface area contributed by atoms with Gasteiger partial charge >= 0.3 is 0 Å². The van der Waals surface area contributed by atoms with Crippen LogP contribution in [0.25, 0.3) is 5.69 Å². The highest BCUT2D eigenvalue weighted by Crippen LogP contribution is 2.28. The molecule has 0 spiro atoms. The lowest BCUT2D eigenvalue weighted by atomic mass is 10.1. The van der Waals surface area contributed by atoms with Crippen LogP contribution in [-0.4, -0.2) is 38.7 Å². The number of aromatic nitrogens is 3. The Balaban J connectivity index is 1.91. The second-order valence-corrected chi connectivity index (χ2v) is 5.12. The summed E-state index contributed by atoms with van der Waals surface area (Å²) >= 11 is 0. The number of halogens is 2. The van der Waals surface area contributed by atoms with Crippen molar-refractivity contribution in [2.75, 3.05) is 13.1 Å². The highest BCUT2D eigenvalue weighted by Gasteiger charge is 2.33. The fourth-order valence-corrected chi connectivity index (χ4v) is 2.62. The number of carbonyl (C=O) groups is 1. The van der Waals surface area contributed by atoms with Gasteiger partial charge in [-0.15, -0.1) is 6.58 Å². The minimum atomic E-state index is -0.949. The maximum absolute atomic E-state index is 13.4. The van der Waals surface area contributed by atoms with Crippen LogP contribution in [0.1, 0.15) is 18.2 Å². The molecule has 1 aromatic carbocycles. The molecule has 0 aliphatic carbocycles. The quantitative estimate of drug-likeness (QED) is 0.812. The van der Waals surface area contributed by atoms with Gasteiger partial charge in [0.05, 0.1) is 5.69 Å². The Morgan fingerprint density at radius 3 is 2.91 bits per heavy atom. The molecule has 0 N–H and O–H groups in total. The fraction of sp³-hybridized carbons (Fsp3) is 0.267. The van der Waals surface area contributed by atoms with Crippen molar-refractivity contribution in [1.29, 1.82) is 0 Å². The number of benzene rings is 1. The number of hydrogen-bond acceptors (Lipinski definition) is 3. The first-order chi connectivity index (χ1) is 10.6. The van der Waals surface area contributed by atoms with Gasteiger partial charge in [-0.2, -0.15) is 5.10 Å². The van der Waals surface area contributed by atoms with E-state index in [1.165, 1.54) is 17.1 Å². The Hall–Kier alpha value is -2.57. The molecule has 1 saturated heterocycles. The van der Waals surface area contributed by atoms with Crippen LogP contribution < -0.4 is 0 Å². The van der Waals surface area contributed by atoms with Crippen molar-refractivity contribution in [3.05, 3.63) is 54.6 Å². The Labute approximate surface area is 125 Å². The molecule has 1 aromatic heterocycles. The van der Waals surface area contributed by atoms with E-state index in [9.17, 15) is 13.6 Å². The molecular weight excluding hydrogens is 290 g/mol. The zero-order valence-corrected chi connectivity index (χ0v) is 11.7. The topological polar surface area (TPSA) is 51.0 Å². The van der Waals surface area contributed by atoms with E-state index < -0.39 is 11.6 Å². The third kappa shape index (κ3) is 2.49. The van der Waals surface area contributed by atoms with Gasteiger partial charge in [0.25, 0.3) is 0 Å². The summed E-state index contributed by atoms with van der Waals surface area (Å²) in [5.74, 6) is -1.42. The second-order valence-electron chi connectivity index (χ2n) is 5.12. The molecule has 0 saturated carbocycles. The number of likely N-dealkylation sites (tertiary alicyclic amines) is 1. The molecule has 1 aliphatic heterocycles. The first-order valence-corrected chi connectivity index (χ1v) is 6.84. The van der Waals surface area contributed by atoms with E-state index in [2.05, 4.69) is 16.7 Å². The summed E-state index contributed by atoms with van der Waals surface area (Å²) < 4.78 is 27.9. The Kier molecular flexibility index (Phi) is 3.70. The number of hydrogen-bond donors (Lipinski definition) is 0. The molecule has 114 valence electrons. The summed E-state index contributed by atoms with van der Waals surface area (Å²) in [6, 6.07) is 3.53. The van der Waals surface area contributed by atoms with Crippen molar-refractivity contribution in [3.63, 3.8) is 0 Å². The van der Waals surface area contributed by atoms with E-state index >= 15 is 0 Å². The van der Waals surface area contributed by atoms with Crippen molar-refractivity contribution in [1.82, 2.24) is 19.7 Å². The van der Waals surface area contributed by atoms with Gasteiger partial charge in [-0.25, -0.2) is 18.4 Å². The minimum absolute atomic E-state index is 0.0183. The standard InChI is InChI=1S/C15H14F2N4O/c1-2-5-20-8-10(6-14(20)22)15-18-9-19-21(15)11-3-4-12(16)13(17)7-11/h2-4,7,9-10H,1,5-6,8H2. The van der Waals surface area contributed by atoms with Crippen LogP contribution in [0.2, 0.25) is 0 Å². The fourth-order valence-electron chi connectivity index (χ4n) is 2.62. The molecule has 22 heavy (non-hydrogen) atoms. The number of carbonyl (C=O) groups excluding carboxylic acids is 1. The van der Waals surface area contributed by atoms with Gasteiger partial charge in [-0.05, 0) is 12.1 Å². The zero-order chi connectivity index (χ0) is 15.7. The van der Waals surface area contributed by atoms with Gasteiger partial charge in [0.1, 0.15) is 12.2 Å². The smallest absolute Gasteiger partial charge is 0.223 e. The molecule has 0 bridgehead atoms. The summed E-state index contributed by atoms with van der Waals surface area (Å²) in [7, 11) is 0. The number of nitrogens with zero attached hydrogens (tertiary/aromatic N) is 4. The molecule has 0 radical (unpaired) electrons. The van der Waals surface area contributed by atoms with E-state index in [1.807, 2.05) is 0 Å². The van der Waals surface area contributed by atoms with Crippen molar-refractivity contribution in [2.45, 2.75) is 12.3 Å². The van der Waals surface area contributed by atoms with E-state index in [4.69, 9.17) is 0 Å². The van der Waals surface area contributed by atoms with Gasteiger partial charge < -0.3 is 4.90 Å². The SMILES string of the molecule is C=CCN1CC(c2ncnn2-c2ccc(F)c(F)c2)CC1=O. The van der Waals surface area contributed by atoms with Crippen molar-refractivity contribution in [2.24, 2.45) is 0 Å². The average Bonchev–Trinajstić information content (AvgIpc) is 3.10. The third-order valence-corrected chi connectivity index (χ3v) is 3.65. The molecule has 1 amide bonds. The molecule has 1 fully saturated rings. The molecule has 2 heterocycles. The van der Waals surface area contributed by atoms with Crippen LogP contribution in [0.4, 0.5) is 8.78 Å². The molecule has 2 aromatic rings. The van der Waals surface area contributed by atoms with Crippen LogP contribution in [0, 0.1) is 11.6 Å². The van der Waals surface area contributed by atoms with Crippen LogP contribution in [0.5, 0.6) is 0 Å². The highest BCUT2D eigenvalue weighted by molar-refractivity contribution is 5.79. The Morgan fingerprint density at radius 1 is 1.36 bits per heavy atom. The normalized spacial score (nSPS) is 18.0. The summed E-state index contributed by atoms with van der Waals surface area (Å²) in [4.78, 5) is 17.8. The predicted molar refractivity (Wildman–Crippen MR) is 75.4 cm³/mol. The Bertz CT molecular complexity index is 728. The summed E-state index contributed by atoms with van der Waals surface area (Å²) in [6.07, 6.45) is 3.33. The molecule has 3 rings (SSSR count). The highest BCUT2D eigenvalue weighted by atomic mass is 19.2. The average molecular weight is 304 g/mol. The lowest BCUT2D eigenvalue weighted by molar-refractivity contribution is -0.127. The van der Waals surface area contributed by atoms with Gasteiger partial charge in [-0.1, -0.05) is 6.08 Å². The number of rotatable bonds is 4. The van der Waals surface area contributed by atoms with E-state index in [1.54, 1.807) is 11.0 Å². The third-order valence-electron chi connectivity index (χ3n) is 3.65. The van der Waals surface area contributed by atoms with E-state index in [-0.39, 0.29) is 11.8 Å². The lowest BCUT2D eigenvalue weighted by Crippen LogP contribution is -2.25. The van der Waals surface area contributed by atoms with Gasteiger partial charge in [0.15, 0.2) is 11.6 Å². The van der Waals surface area contributed by atoms with Crippen LogP contribution in [0.15, 0.2) is 37.2 Å². The largest absolute Gasteiger partial charge is 0.338 e. The first-order valence-electron chi connectivity index (χ1n) is 6.84. The molecule has 1 aliphatic rings. The maximum Gasteiger partial charge on any atom is 0.223 e. The monoisotopic (exact) mass is 304 g/mol. The second kappa shape index (κ2) is 5.67. The molecular formula is C15H14F2N4O. The van der Waals surface area contributed by atoms with E-state index in [0.717, 1.165) is 12.1 Å². The molecule has 1 unspecified atom stereocenters. The predicted octanol–water partition coefficient (Wildman–Crippen LogP) is 2.05. The first kappa shape index (κ1) is 14.4. The van der Waals surface area contributed by atoms with Crippen molar-refractivity contribution in [3.8, 4) is 5.69 Å². The molecule has 5 nitrogen and oxygen atoms in total. The maximum atomic E-state index is 13.4.